The fourth-order valence-corrected chi connectivity index (χ4v) is 10.8. The van der Waals surface area contributed by atoms with Crippen molar-refractivity contribution in [2.24, 2.45) is 5.73 Å². The molecule has 0 aromatic rings. The third kappa shape index (κ3) is 79.5. The van der Waals surface area contributed by atoms with Gasteiger partial charge in [-0.3, -0.25) is 18.6 Å². The number of phosphoric acid groups is 1. The average Bonchev–Trinajstić information content (AvgIpc) is 2.69. The predicted molar refractivity (Wildman–Crippen MR) is 421 cm³/mol. The summed E-state index contributed by atoms with van der Waals surface area (Å²) in [4.78, 5) is 35.4. The number of unbranched alkanes of at least 4 members (excludes halogenated alkanes) is 23. The van der Waals surface area contributed by atoms with Gasteiger partial charge in [-0.15, -0.1) is 0 Å². The summed E-state index contributed by atoms with van der Waals surface area (Å²) in [5, 5.41) is 0. The van der Waals surface area contributed by atoms with Crippen LogP contribution in [0, 0.1) is 0 Å². The van der Waals surface area contributed by atoms with E-state index in [0.717, 1.165) is 154 Å². The molecule has 97 heavy (non-hydrogen) atoms. The van der Waals surface area contributed by atoms with E-state index in [1.807, 2.05) is 0 Å². The molecule has 0 spiro atoms. The van der Waals surface area contributed by atoms with Crippen LogP contribution >= 0.6 is 7.82 Å². The van der Waals surface area contributed by atoms with Crippen molar-refractivity contribution in [2.45, 2.75) is 302 Å². The molecule has 0 heterocycles. The maximum atomic E-state index is 12.8. The van der Waals surface area contributed by atoms with E-state index < -0.39 is 32.5 Å². The maximum absolute atomic E-state index is 12.8. The Balaban J connectivity index is 3.94. The highest BCUT2D eigenvalue weighted by atomic mass is 31.2. The third-order valence-corrected chi connectivity index (χ3v) is 16.6. The van der Waals surface area contributed by atoms with Gasteiger partial charge in [0.05, 0.1) is 13.2 Å². The number of phosphoric ester groups is 1. The van der Waals surface area contributed by atoms with Crippen molar-refractivity contribution in [3.63, 3.8) is 0 Å². The highest BCUT2D eigenvalue weighted by molar-refractivity contribution is 7.47. The summed E-state index contributed by atoms with van der Waals surface area (Å²) in [6.07, 6.45) is 122. The van der Waals surface area contributed by atoms with Gasteiger partial charge in [-0.25, -0.2) is 4.57 Å². The second-order valence-corrected chi connectivity index (χ2v) is 26.2. The Morgan fingerprint density at radius 1 is 0.309 bits per heavy atom. The van der Waals surface area contributed by atoms with Crippen LogP contribution in [0.3, 0.4) is 0 Å². The molecule has 0 rings (SSSR count). The number of esters is 2. The fourth-order valence-electron chi connectivity index (χ4n) is 10.1. The Labute approximate surface area is 595 Å². The van der Waals surface area contributed by atoms with Gasteiger partial charge in [-0.05, 0) is 148 Å². The zero-order chi connectivity index (χ0) is 70.0. The molecule has 10 heteroatoms. The van der Waals surface area contributed by atoms with E-state index in [2.05, 4.69) is 220 Å². The molecule has 0 fully saturated rings. The molecule has 0 radical (unpaired) electrons. The van der Waals surface area contributed by atoms with Gasteiger partial charge in [-0.2, -0.15) is 0 Å². The van der Waals surface area contributed by atoms with Crippen LogP contribution in [0.2, 0.25) is 0 Å². The monoisotopic (exact) mass is 1360 g/mol. The van der Waals surface area contributed by atoms with Crippen LogP contribution in [0.15, 0.2) is 207 Å². The van der Waals surface area contributed by atoms with Crippen molar-refractivity contribution in [3.05, 3.63) is 207 Å². The zero-order valence-corrected chi connectivity index (χ0v) is 62.4. The van der Waals surface area contributed by atoms with Gasteiger partial charge in [-0.1, -0.05) is 342 Å². The molecule has 9 nitrogen and oxygen atoms in total. The Hall–Kier alpha value is -5.41. The first-order valence-corrected chi connectivity index (χ1v) is 40.1. The van der Waals surface area contributed by atoms with Gasteiger partial charge in [0.2, 0.25) is 0 Å². The zero-order valence-electron chi connectivity index (χ0n) is 61.5. The third-order valence-electron chi connectivity index (χ3n) is 15.7. The van der Waals surface area contributed by atoms with Gasteiger partial charge in [0.25, 0.3) is 0 Å². The van der Waals surface area contributed by atoms with E-state index in [9.17, 15) is 19.0 Å². The minimum absolute atomic E-state index is 0.0399. The Bertz CT molecular complexity index is 2350. The Morgan fingerprint density at radius 2 is 0.536 bits per heavy atom. The van der Waals surface area contributed by atoms with Gasteiger partial charge >= 0.3 is 19.8 Å². The summed E-state index contributed by atoms with van der Waals surface area (Å²) in [6.45, 7) is 3.48. The van der Waals surface area contributed by atoms with Crippen LogP contribution in [-0.2, 0) is 32.7 Å². The molecule has 0 saturated carbocycles. The molecule has 0 aromatic carbocycles. The number of ether oxygens (including phenoxy) is 2. The van der Waals surface area contributed by atoms with Crippen LogP contribution in [0.5, 0.6) is 0 Å². The van der Waals surface area contributed by atoms with E-state index in [0.29, 0.717) is 6.42 Å². The number of hydrogen-bond acceptors (Lipinski definition) is 8. The van der Waals surface area contributed by atoms with Crippen molar-refractivity contribution in [3.8, 4) is 0 Å². The molecule has 2 unspecified atom stereocenters. The lowest BCUT2D eigenvalue weighted by Crippen LogP contribution is -2.29. The Kier molecular flexibility index (Phi) is 75.1. The molecule has 2 atom stereocenters. The van der Waals surface area contributed by atoms with Crippen LogP contribution in [0.1, 0.15) is 296 Å². The Morgan fingerprint density at radius 3 is 0.794 bits per heavy atom. The standard InChI is InChI=1S/C87H140NO8P/c1-3-5-7-9-11-13-15-17-19-21-23-25-27-29-31-33-35-37-39-40-41-42-43-44-46-47-49-51-53-55-57-59-61-63-65-67-69-71-73-75-77-79-86(89)93-83-85(84-95-97(91,92)94-82-81-88)96-87(90)80-78-76-74-72-70-68-66-64-62-60-58-56-54-52-50-48-45-38-36-34-32-30-28-26-24-22-20-18-16-14-12-10-8-6-4-2/h5-8,11-14,17-20,23-26,29-32,35-38,40-41,48,50,54,56,60,62,66,68,85H,3-4,9-10,15-16,21-22,27-28,33-34,39,42-47,49,51-53,55,57-59,61,63-65,67,69-84,88H2,1-2H3,(H,91,92)/b7-5-,8-6-,13-11-,14-12-,19-17-,20-18-,25-23-,26-24-,31-29-,32-30-,37-35-,38-36-,41-40-,50-48-,56-54-,62-60-,68-66-. The first-order chi connectivity index (χ1) is 47.8. The number of nitrogens with two attached hydrogens (primary N) is 1. The molecule has 0 saturated heterocycles. The van der Waals surface area contributed by atoms with Gasteiger partial charge in [0.1, 0.15) is 6.61 Å². The van der Waals surface area contributed by atoms with Crippen LogP contribution < -0.4 is 5.73 Å². The summed E-state index contributed by atoms with van der Waals surface area (Å²) in [6, 6.07) is 0. The molecular weight excluding hydrogens is 1220 g/mol. The average molecular weight is 1360 g/mol. The van der Waals surface area contributed by atoms with Gasteiger partial charge in [0.15, 0.2) is 6.10 Å². The molecule has 0 aliphatic carbocycles. The number of carbonyl (C=O) groups excluding carboxylic acids is 2. The topological polar surface area (TPSA) is 134 Å². The van der Waals surface area contributed by atoms with Crippen molar-refractivity contribution < 1.29 is 37.6 Å². The van der Waals surface area contributed by atoms with E-state index in [1.54, 1.807) is 0 Å². The lowest BCUT2D eigenvalue weighted by Gasteiger charge is -2.19. The van der Waals surface area contributed by atoms with E-state index in [4.69, 9.17) is 24.3 Å². The molecular formula is C87H140NO8P. The molecule has 0 aromatic heterocycles. The summed E-state index contributed by atoms with van der Waals surface area (Å²) in [5.41, 5.74) is 5.41. The van der Waals surface area contributed by atoms with Crippen molar-refractivity contribution >= 4 is 19.8 Å². The number of rotatable bonds is 70. The number of hydrogen-bond donors (Lipinski definition) is 2. The first kappa shape index (κ1) is 91.6. The predicted octanol–water partition coefficient (Wildman–Crippen LogP) is 26.2. The minimum atomic E-state index is -4.42. The maximum Gasteiger partial charge on any atom is 0.472 e. The quantitative estimate of drug-likeness (QED) is 0.0264. The second-order valence-electron chi connectivity index (χ2n) is 24.8. The SMILES string of the molecule is CC/C=C\C/C=C\C/C=C\C/C=C\C/C=C\C/C=C\C/C=C\C/C=C\C/C=C\C/C=C\CCCCCCC(=O)OC(COC(=O)CCCCCCCCCCCCCCCCCCCCC/C=C\C/C=C\C/C=C\C/C=C\C/C=C\C/C=C\C/C=C\CC)COP(=O)(O)OCCN. The van der Waals surface area contributed by atoms with E-state index >= 15 is 0 Å². The van der Waals surface area contributed by atoms with Gasteiger partial charge in [0, 0.05) is 19.4 Å². The van der Waals surface area contributed by atoms with Crippen LogP contribution in [-0.4, -0.2) is 49.3 Å². The first-order valence-electron chi connectivity index (χ1n) is 38.6. The molecule has 0 bridgehead atoms. The summed E-state index contributed by atoms with van der Waals surface area (Å²) in [5.74, 6) is -0.863. The van der Waals surface area contributed by atoms with Crippen molar-refractivity contribution in [1.29, 1.82) is 0 Å². The minimum Gasteiger partial charge on any atom is -0.462 e. The molecule has 0 aliphatic heterocycles. The summed E-state index contributed by atoms with van der Waals surface area (Å²) >= 11 is 0. The van der Waals surface area contributed by atoms with Gasteiger partial charge < -0.3 is 20.1 Å². The lowest BCUT2D eigenvalue weighted by molar-refractivity contribution is -0.161. The lowest BCUT2D eigenvalue weighted by atomic mass is 10.0. The molecule has 0 aliphatic rings. The van der Waals surface area contributed by atoms with Crippen LogP contribution in [0.4, 0.5) is 0 Å². The van der Waals surface area contributed by atoms with E-state index in [1.165, 1.54) is 109 Å². The smallest absolute Gasteiger partial charge is 0.462 e. The summed E-state index contributed by atoms with van der Waals surface area (Å²) in [7, 11) is -4.42. The van der Waals surface area contributed by atoms with Crippen LogP contribution in [0.25, 0.3) is 0 Å². The molecule has 0 amide bonds. The molecule has 546 valence electrons. The normalized spacial score (nSPS) is 14.1. The van der Waals surface area contributed by atoms with Crippen molar-refractivity contribution in [2.75, 3.05) is 26.4 Å². The fraction of sp³-hybridized carbons (Fsp3) is 0.586. The molecule has 3 N–H and O–H groups in total. The summed E-state index contributed by atoms with van der Waals surface area (Å²) < 4.78 is 33.2. The second kappa shape index (κ2) is 79.6. The largest absolute Gasteiger partial charge is 0.472 e. The highest BCUT2D eigenvalue weighted by Gasteiger charge is 2.26. The van der Waals surface area contributed by atoms with Crippen molar-refractivity contribution in [1.82, 2.24) is 0 Å². The highest BCUT2D eigenvalue weighted by Crippen LogP contribution is 2.43. The van der Waals surface area contributed by atoms with E-state index in [-0.39, 0.29) is 32.6 Å². The number of allylic oxidation sites excluding steroid dienone is 34. The number of carbonyl (C=O) groups is 2.